The Labute approximate surface area is 497 Å². The smallest absolute Gasteiger partial charge is 0.305 e. The highest BCUT2D eigenvalue weighted by molar-refractivity contribution is 5.76. The lowest BCUT2D eigenvalue weighted by Gasteiger charge is -2.40. The number of esters is 1. The van der Waals surface area contributed by atoms with Crippen LogP contribution in [-0.4, -0.2) is 100 Å². The molecular formula is C70H129NO10. The number of ether oxygens (including phenoxy) is 3. The van der Waals surface area contributed by atoms with Gasteiger partial charge in [0.2, 0.25) is 5.91 Å². The van der Waals surface area contributed by atoms with Crippen LogP contribution in [0.1, 0.15) is 322 Å². The van der Waals surface area contributed by atoms with Crippen molar-refractivity contribution in [2.24, 2.45) is 0 Å². The van der Waals surface area contributed by atoms with Gasteiger partial charge in [0.15, 0.2) is 6.29 Å². The van der Waals surface area contributed by atoms with Crippen molar-refractivity contribution in [3.8, 4) is 0 Å². The number of unbranched alkanes of at least 4 members (excludes halogenated alkanes) is 40. The molecule has 11 heteroatoms. The minimum atomic E-state index is -1.58. The number of rotatable bonds is 60. The van der Waals surface area contributed by atoms with Crippen molar-refractivity contribution >= 4 is 11.9 Å². The van der Waals surface area contributed by atoms with Crippen LogP contribution < -0.4 is 5.32 Å². The molecule has 7 unspecified atom stereocenters. The Hall–Kier alpha value is -2.38. The molecule has 1 heterocycles. The van der Waals surface area contributed by atoms with Crippen molar-refractivity contribution in [3.05, 3.63) is 48.6 Å². The van der Waals surface area contributed by atoms with E-state index < -0.39 is 49.5 Å². The number of aliphatic hydroxyl groups excluding tert-OH is 5. The van der Waals surface area contributed by atoms with Gasteiger partial charge in [-0.15, -0.1) is 0 Å². The molecule has 0 bridgehead atoms. The van der Waals surface area contributed by atoms with Crippen molar-refractivity contribution in [1.82, 2.24) is 5.32 Å². The summed E-state index contributed by atoms with van der Waals surface area (Å²) in [5, 5.41) is 54.4. The van der Waals surface area contributed by atoms with E-state index in [0.29, 0.717) is 19.4 Å². The topological polar surface area (TPSA) is 175 Å². The number of nitrogens with one attached hydrogen (secondary N) is 1. The summed E-state index contributed by atoms with van der Waals surface area (Å²) in [6.07, 6.45) is 66.6. The molecule has 0 aromatic carbocycles. The molecule has 0 spiro atoms. The van der Waals surface area contributed by atoms with Crippen molar-refractivity contribution in [2.45, 2.75) is 365 Å². The Morgan fingerprint density at radius 3 is 1.30 bits per heavy atom. The molecule has 6 N–H and O–H groups in total. The van der Waals surface area contributed by atoms with Gasteiger partial charge in [0.25, 0.3) is 0 Å². The maximum absolute atomic E-state index is 13.1. The molecule has 0 aromatic rings. The van der Waals surface area contributed by atoms with Crippen molar-refractivity contribution in [2.75, 3.05) is 19.8 Å². The van der Waals surface area contributed by atoms with E-state index in [0.717, 1.165) is 64.2 Å². The van der Waals surface area contributed by atoms with Crippen LogP contribution in [0, 0.1) is 0 Å². The zero-order chi connectivity index (χ0) is 58.7. The first-order valence-corrected chi connectivity index (χ1v) is 34.4. The maximum atomic E-state index is 13.1. The predicted molar refractivity (Wildman–Crippen MR) is 338 cm³/mol. The van der Waals surface area contributed by atoms with E-state index in [9.17, 15) is 35.1 Å². The van der Waals surface area contributed by atoms with E-state index in [1.807, 2.05) is 6.08 Å². The van der Waals surface area contributed by atoms with Gasteiger partial charge in [-0.05, 0) is 77.0 Å². The summed E-state index contributed by atoms with van der Waals surface area (Å²) in [7, 11) is 0. The summed E-state index contributed by atoms with van der Waals surface area (Å²) < 4.78 is 16.7. The normalized spacial score (nSPS) is 18.5. The molecule has 1 rings (SSSR count). The molecule has 1 amide bonds. The van der Waals surface area contributed by atoms with Crippen LogP contribution in [0.3, 0.4) is 0 Å². The van der Waals surface area contributed by atoms with E-state index in [2.05, 4.69) is 55.6 Å². The fourth-order valence-electron chi connectivity index (χ4n) is 10.7. The second-order valence-corrected chi connectivity index (χ2v) is 23.9. The van der Waals surface area contributed by atoms with Gasteiger partial charge in [0, 0.05) is 12.8 Å². The summed E-state index contributed by atoms with van der Waals surface area (Å²) in [5.74, 6) is -0.190. The Kier molecular flexibility index (Phi) is 56.2. The summed E-state index contributed by atoms with van der Waals surface area (Å²) in [4.78, 5) is 25.1. The summed E-state index contributed by atoms with van der Waals surface area (Å²) in [5.41, 5.74) is 0. The van der Waals surface area contributed by atoms with Crippen LogP contribution in [0.15, 0.2) is 48.6 Å². The molecule has 0 aromatic heterocycles. The van der Waals surface area contributed by atoms with E-state index in [4.69, 9.17) is 14.2 Å². The second kappa shape index (κ2) is 59.4. The number of aliphatic hydroxyl groups is 5. The van der Waals surface area contributed by atoms with Crippen molar-refractivity contribution in [1.29, 1.82) is 0 Å². The second-order valence-electron chi connectivity index (χ2n) is 23.9. The fraction of sp³-hybridized carbons (Fsp3) is 0.857. The van der Waals surface area contributed by atoms with Crippen LogP contribution in [0.4, 0.5) is 0 Å². The minimum Gasteiger partial charge on any atom is -0.466 e. The van der Waals surface area contributed by atoms with Gasteiger partial charge >= 0.3 is 5.97 Å². The highest BCUT2D eigenvalue weighted by Crippen LogP contribution is 2.23. The van der Waals surface area contributed by atoms with Crippen LogP contribution >= 0.6 is 0 Å². The molecular weight excluding hydrogens is 1010 g/mol. The third-order valence-corrected chi connectivity index (χ3v) is 16.2. The number of carbonyl (C=O) groups is 2. The molecule has 0 saturated carbocycles. The zero-order valence-electron chi connectivity index (χ0n) is 52.5. The maximum Gasteiger partial charge on any atom is 0.305 e. The Bertz CT molecular complexity index is 1480. The standard InChI is InChI=1S/C70H129NO10/c1-3-5-7-9-11-13-15-33-37-40-44-48-52-56-63(73)62(61-80-70-69(78)68(77)67(76)64(60-72)81-70)71-65(74)57-53-49-45-41-38-34-31-29-27-25-23-21-19-17-16-18-20-22-24-26-28-30-32-35-39-43-47-51-55-59-79-66(75)58-54-50-46-42-36-14-12-10-8-6-4-2/h16,18,22,24,37,40,52,56,62-64,67-70,72-73,76-78H,3-15,17,19-21,23,25-36,38-39,41-51,53-55,57-61H2,1-2H3,(H,71,74)/b18-16-,24-22-,40-37+,56-52+. The number of hydrogen-bond donors (Lipinski definition) is 6. The first-order chi connectivity index (χ1) is 39.7. The van der Waals surface area contributed by atoms with Crippen LogP contribution in [0.2, 0.25) is 0 Å². The molecule has 0 radical (unpaired) electrons. The van der Waals surface area contributed by atoms with Gasteiger partial charge in [-0.25, -0.2) is 0 Å². The number of hydrogen-bond acceptors (Lipinski definition) is 10. The largest absolute Gasteiger partial charge is 0.466 e. The average Bonchev–Trinajstić information content (AvgIpc) is 3.47. The Balaban J connectivity index is 2.01. The lowest BCUT2D eigenvalue weighted by Crippen LogP contribution is -2.60. The first kappa shape index (κ1) is 76.6. The zero-order valence-corrected chi connectivity index (χ0v) is 52.5. The average molecular weight is 1140 g/mol. The number of carbonyl (C=O) groups excluding carboxylic acids is 2. The van der Waals surface area contributed by atoms with Gasteiger partial charge in [-0.3, -0.25) is 9.59 Å². The van der Waals surface area contributed by atoms with Gasteiger partial charge in [-0.2, -0.15) is 0 Å². The Morgan fingerprint density at radius 1 is 0.457 bits per heavy atom. The molecule has 1 aliphatic rings. The molecule has 1 aliphatic heterocycles. The molecule has 0 aliphatic carbocycles. The van der Waals surface area contributed by atoms with Gasteiger partial charge in [-0.1, -0.05) is 281 Å². The Morgan fingerprint density at radius 2 is 0.840 bits per heavy atom. The van der Waals surface area contributed by atoms with Gasteiger partial charge in [0.05, 0.1) is 32.0 Å². The van der Waals surface area contributed by atoms with Crippen LogP contribution in [0.5, 0.6) is 0 Å². The molecule has 1 saturated heterocycles. The van der Waals surface area contributed by atoms with Gasteiger partial charge in [0.1, 0.15) is 24.4 Å². The highest BCUT2D eigenvalue weighted by Gasteiger charge is 2.44. The van der Waals surface area contributed by atoms with Crippen molar-refractivity contribution < 1.29 is 49.3 Å². The van der Waals surface area contributed by atoms with Crippen molar-refractivity contribution in [3.63, 3.8) is 0 Å². The van der Waals surface area contributed by atoms with Crippen LogP contribution in [-0.2, 0) is 23.8 Å². The lowest BCUT2D eigenvalue weighted by molar-refractivity contribution is -0.302. The SMILES string of the molecule is CCCCCCCCC/C=C/CC/C=C/C(O)C(COC1OC(CO)C(O)C(O)C1O)NC(=O)CCCCCCCCCCCCCCC/C=C\C/C=C\CCCCCCCCCCCOC(=O)CCCCCCCCCCCCC. The molecule has 1 fully saturated rings. The van der Waals surface area contributed by atoms with E-state index in [1.54, 1.807) is 6.08 Å². The molecule has 11 nitrogen and oxygen atoms in total. The summed E-state index contributed by atoms with van der Waals surface area (Å²) >= 11 is 0. The number of allylic oxidation sites excluding steroid dienone is 7. The van der Waals surface area contributed by atoms with E-state index >= 15 is 0 Å². The summed E-state index contributed by atoms with van der Waals surface area (Å²) in [6, 6.07) is -0.829. The quantitative estimate of drug-likeness (QED) is 0.0195. The number of amides is 1. The van der Waals surface area contributed by atoms with Crippen LogP contribution in [0.25, 0.3) is 0 Å². The monoisotopic (exact) mass is 1140 g/mol. The van der Waals surface area contributed by atoms with E-state index in [-0.39, 0.29) is 18.5 Å². The first-order valence-electron chi connectivity index (χ1n) is 34.4. The van der Waals surface area contributed by atoms with Gasteiger partial charge < -0.3 is 45.1 Å². The minimum absolute atomic E-state index is 0.00266. The lowest BCUT2D eigenvalue weighted by atomic mass is 9.99. The molecule has 81 heavy (non-hydrogen) atoms. The third kappa shape index (κ3) is 48.5. The summed E-state index contributed by atoms with van der Waals surface area (Å²) in [6.45, 7) is 4.33. The fourth-order valence-corrected chi connectivity index (χ4v) is 10.7. The third-order valence-electron chi connectivity index (χ3n) is 16.2. The predicted octanol–water partition coefficient (Wildman–Crippen LogP) is 17.2. The van der Waals surface area contributed by atoms with E-state index in [1.165, 1.54) is 231 Å². The molecule has 7 atom stereocenters. The highest BCUT2D eigenvalue weighted by atomic mass is 16.7. The molecule has 474 valence electrons.